The summed E-state index contributed by atoms with van der Waals surface area (Å²) in [7, 11) is 0. The third kappa shape index (κ3) is 21.6. The average Bonchev–Trinajstić information content (AvgIpc) is 3.09. The molecule has 1 fully saturated rings. The van der Waals surface area contributed by atoms with Gasteiger partial charge in [0.15, 0.2) is 6.29 Å². The van der Waals surface area contributed by atoms with Gasteiger partial charge in [-0.05, 0) is 94.4 Å². The second kappa shape index (κ2) is 26.1. The molecule has 0 bridgehead atoms. The summed E-state index contributed by atoms with van der Waals surface area (Å²) in [6, 6.07) is 0. The van der Waals surface area contributed by atoms with Crippen LogP contribution in [0.1, 0.15) is 94.4 Å². The van der Waals surface area contributed by atoms with E-state index < -0.39 is 42.9 Å². The van der Waals surface area contributed by atoms with Crippen molar-refractivity contribution in [2.24, 2.45) is 0 Å². The zero-order valence-electron chi connectivity index (χ0n) is 33.5. The van der Waals surface area contributed by atoms with E-state index in [4.69, 9.17) is 9.47 Å². The zero-order chi connectivity index (χ0) is 39.8. The topological polar surface area (TPSA) is 116 Å². The quantitative estimate of drug-likeness (QED) is 0.0403. The van der Waals surface area contributed by atoms with E-state index in [1.165, 1.54) is 22.3 Å². The summed E-state index contributed by atoms with van der Waals surface area (Å²) in [5.41, 5.74) is 7.13. The molecule has 7 nitrogen and oxygen atoms in total. The molecular formula is C46H66O7. The van der Waals surface area contributed by atoms with E-state index in [9.17, 15) is 25.2 Å². The maximum atomic E-state index is 11.6. The number of aliphatic hydroxyl groups is 4. The standard InChI is InChI=1S/C46H66O7/c1-34(2)18-12-20-36(4)22-14-24-37(5)23-13-21-35(3)19-10-11-29-40(32-47)30-16-27-38(6)25-15-26-39(7)28-17-31-46(8,9)53-45-44(51)43(50)42(49)41(33-48)52-45/h10-11,13-16,18-19,21-27,29-30,32,41-45,48-51H,12,17,20,28,31,33H2,1-9H3/b11-10+,21-13+,24-14+,25-15+,30-16+,35-19+,36-22+,37-23+,38-27+,39-26+,40-29+/t41-,42-,43+,44-,45+/m1/s1. The normalized spacial score (nSPS) is 23.5. The summed E-state index contributed by atoms with van der Waals surface area (Å²) in [5, 5.41) is 39.7. The van der Waals surface area contributed by atoms with E-state index in [1.807, 2.05) is 76.3 Å². The average molecular weight is 731 g/mol. The molecule has 0 aliphatic carbocycles. The van der Waals surface area contributed by atoms with Gasteiger partial charge in [-0.3, -0.25) is 4.79 Å². The first-order chi connectivity index (χ1) is 25.1. The molecule has 7 heteroatoms. The Morgan fingerprint density at radius 2 is 1.17 bits per heavy atom. The minimum atomic E-state index is -1.46. The van der Waals surface area contributed by atoms with E-state index in [2.05, 4.69) is 77.2 Å². The van der Waals surface area contributed by atoms with Crippen LogP contribution in [0.5, 0.6) is 0 Å². The molecule has 1 rings (SSSR count). The van der Waals surface area contributed by atoms with Gasteiger partial charge in [-0.15, -0.1) is 0 Å². The van der Waals surface area contributed by atoms with Crippen LogP contribution in [-0.4, -0.2) is 69.6 Å². The summed E-state index contributed by atoms with van der Waals surface area (Å²) >= 11 is 0. The van der Waals surface area contributed by atoms with Crippen LogP contribution in [0.2, 0.25) is 0 Å². The molecule has 292 valence electrons. The Labute approximate surface area is 319 Å². The highest BCUT2D eigenvalue weighted by Crippen LogP contribution is 2.28. The largest absolute Gasteiger partial charge is 0.394 e. The van der Waals surface area contributed by atoms with E-state index >= 15 is 0 Å². The first kappa shape index (κ1) is 47.3. The second-order valence-electron chi connectivity index (χ2n) is 14.6. The highest BCUT2D eigenvalue weighted by atomic mass is 16.7. The van der Waals surface area contributed by atoms with Crippen molar-refractivity contribution in [2.75, 3.05) is 6.61 Å². The molecule has 1 saturated heterocycles. The molecule has 1 aliphatic rings. The van der Waals surface area contributed by atoms with Gasteiger partial charge in [-0.25, -0.2) is 0 Å². The van der Waals surface area contributed by atoms with Crippen molar-refractivity contribution in [2.45, 2.75) is 131 Å². The Bertz CT molecular complexity index is 1500. The lowest BCUT2D eigenvalue weighted by molar-refractivity contribution is -0.323. The number of aldehydes is 1. The van der Waals surface area contributed by atoms with Gasteiger partial charge in [0.25, 0.3) is 0 Å². The molecule has 0 saturated carbocycles. The number of carbonyl (C=O) groups is 1. The maximum Gasteiger partial charge on any atom is 0.187 e. The molecule has 0 amide bonds. The minimum absolute atomic E-state index is 0.493. The Morgan fingerprint density at radius 3 is 1.72 bits per heavy atom. The van der Waals surface area contributed by atoms with Crippen LogP contribution in [0.4, 0.5) is 0 Å². The Balaban J connectivity index is 2.57. The summed E-state index contributed by atoms with van der Waals surface area (Å²) in [6.07, 6.45) is 32.9. The van der Waals surface area contributed by atoms with Crippen LogP contribution in [0.25, 0.3) is 0 Å². The lowest BCUT2D eigenvalue weighted by Crippen LogP contribution is -2.60. The molecule has 5 atom stereocenters. The number of aliphatic hydroxyl groups excluding tert-OH is 4. The van der Waals surface area contributed by atoms with Crippen molar-refractivity contribution < 1.29 is 34.7 Å². The van der Waals surface area contributed by atoms with E-state index in [0.717, 1.165) is 43.1 Å². The van der Waals surface area contributed by atoms with Crippen molar-refractivity contribution in [3.05, 3.63) is 142 Å². The van der Waals surface area contributed by atoms with E-state index in [1.54, 1.807) is 12.2 Å². The molecular weight excluding hydrogens is 664 g/mol. The number of rotatable bonds is 21. The summed E-state index contributed by atoms with van der Waals surface area (Å²) in [6.45, 7) is 17.9. The number of hydrogen-bond donors (Lipinski definition) is 4. The predicted octanol–water partition coefficient (Wildman–Crippen LogP) is 9.14. The van der Waals surface area contributed by atoms with Gasteiger partial charge in [0.05, 0.1) is 12.2 Å². The van der Waals surface area contributed by atoms with Gasteiger partial charge in [-0.2, -0.15) is 0 Å². The van der Waals surface area contributed by atoms with Crippen LogP contribution in [0, 0.1) is 0 Å². The van der Waals surface area contributed by atoms with Gasteiger partial charge < -0.3 is 29.9 Å². The van der Waals surface area contributed by atoms with Crippen molar-refractivity contribution >= 4 is 6.29 Å². The first-order valence-electron chi connectivity index (χ1n) is 18.6. The van der Waals surface area contributed by atoms with Crippen LogP contribution >= 0.6 is 0 Å². The summed E-state index contributed by atoms with van der Waals surface area (Å²) in [4.78, 5) is 11.6. The molecule has 0 aromatic heterocycles. The molecule has 4 N–H and O–H groups in total. The highest BCUT2D eigenvalue weighted by Gasteiger charge is 2.45. The molecule has 1 heterocycles. The number of allylic oxidation sites excluding steroid dienone is 24. The monoisotopic (exact) mass is 730 g/mol. The van der Waals surface area contributed by atoms with Crippen molar-refractivity contribution in [1.82, 2.24) is 0 Å². The fourth-order valence-corrected chi connectivity index (χ4v) is 5.15. The number of ether oxygens (including phenoxy) is 2. The molecule has 0 radical (unpaired) electrons. The van der Waals surface area contributed by atoms with Crippen LogP contribution in [0.3, 0.4) is 0 Å². The van der Waals surface area contributed by atoms with Crippen LogP contribution in [-0.2, 0) is 14.3 Å². The van der Waals surface area contributed by atoms with Gasteiger partial charge in [0.2, 0.25) is 0 Å². The molecule has 53 heavy (non-hydrogen) atoms. The first-order valence-corrected chi connectivity index (χ1v) is 18.6. The Kier molecular flexibility index (Phi) is 23.3. The Hall–Kier alpha value is -3.69. The number of carbonyl (C=O) groups excluding carboxylic acids is 1. The molecule has 1 aliphatic heterocycles. The fraction of sp³-hybridized carbons (Fsp3) is 0.457. The van der Waals surface area contributed by atoms with Crippen molar-refractivity contribution in [3.8, 4) is 0 Å². The second-order valence-corrected chi connectivity index (χ2v) is 14.6. The third-order valence-corrected chi connectivity index (χ3v) is 8.47. The van der Waals surface area contributed by atoms with Gasteiger partial charge in [-0.1, -0.05) is 137 Å². The minimum Gasteiger partial charge on any atom is -0.394 e. The van der Waals surface area contributed by atoms with E-state index in [0.29, 0.717) is 12.0 Å². The maximum absolute atomic E-state index is 11.6. The number of hydrogen-bond acceptors (Lipinski definition) is 7. The fourth-order valence-electron chi connectivity index (χ4n) is 5.15. The SMILES string of the molecule is CC(C)=CCC/C(C)=C/C=C/C(C)=C/C=C/C(C)=C/C=C/C=C(C=O)\C=C\C=C(C)\C=C\C=C(/C)CCCC(C)(C)O[C@@H]1O[C@H](CO)[C@@H](O)[C@H](O)[C@H]1O. The highest BCUT2D eigenvalue weighted by molar-refractivity contribution is 5.78. The van der Waals surface area contributed by atoms with Gasteiger partial charge in [0.1, 0.15) is 30.7 Å². The summed E-state index contributed by atoms with van der Waals surface area (Å²) < 4.78 is 11.4. The molecule has 0 spiro atoms. The molecule has 0 aromatic carbocycles. The van der Waals surface area contributed by atoms with Gasteiger partial charge in [0, 0.05) is 5.57 Å². The lowest BCUT2D eigenvalue weighted by atomic mass is 9.96. The van der Waals surface area contributed by atoms with Crippen molar-refractivity contribution in [1.29, 1.82) is 0 Å². The van der Waals surface area contributed by atoms with Gasteiger partial charge >= 0.3 is 0 Å². The summed E-state index contributed by atoms with van der Waals surface area (Å²) in [5.74, 6) is 0. The van der Waals surface area contributed by atoms with Crippen molar-refractivity contribution in [3.63, 3.8) is 0 Å². The van der Waals surface area contributed by atoms with Crippen LogP contribution in [0.15, 0.2) is 142 Å². The Morgan fingerprint density at radius 1 is 0.660 bits per heavy atom. The van der Waals surface area contributed by atoms with Crippen LogP contribution < -0.4 is 0 Å². The predicted molar refractivity (Wildman–Crippen MR) is 220 cm³/mol. The zero-order valence-corrected chi connectivity index (χ0v) is 33.5. The third-order valence-electron chi connectivity index (χ3n) is 8.47. The smallest absolute Gasteiger partial charge is 0.187 e. The van der Waals surface area contributed by atoms with E-state index in [-0.39, 0.29) is 0 Å². The lowest BCUT2D eigenvalue weighted by Gasteiger charge is -2.42. The molecule has 0 unspecified atom stereocenters. The molecule has 0 aromatic rings.